The molecule has 0 aliphatic carbocycles. The number of hydrogen-bond acceptors (Lipinski definition) is 5. The summed E-state index contributed by atoms with van der Waals surface area (Å²) in [5, 5.41) is 12.2. The molecule has 1 N–H and O–H groups in total. The molecule has 0 radical (unpaired) electrons. The van der Waals surface area contributed by atoms with Crippen LogP contribution in [0.2, 0.25) is 5.02 Å². The average molecular weight is 381 g/mol. The number of carbonyl (C=O) groups is 1. The maximum Gasteiger partial charge on any atom is 0.258 e. The van der Waals surface area contributed by atoms with Crippen molar-refractivity contribution in [1.82, 2.24) is 15.2 Å². The van der Waals surface area contributed by atoms with E-state index < -0.39 is 0 Å². The van der Waals surface area contributed by atoms with Gasteiger partial charge in [0.15, 0.2) is 0 Å². The number of nitrogens with one attached hydrogen (secondary N) is 1. The predicted molar refractivity (Wildman–Crippen MR) is 105 cm³/mol. The number of rotatable bonds is 3. The fourth-order valence-corrected chi connectivity index (χ4v) is 3.45. The van der Waals surface area contributed by atoms with Gasteiger partial charge in [-0.25, -0.2) is 4.98 Å². The van der Waals surface area contributed by atoms with E-state index in [4.69, 9.17) is 16.6 Å². The van der Waals surface area contributed by atoms with Gasteiger partial charge >= 0.3 is 0 Å². The predicted octanol–water partition coefficient (Wildman–Crippen LogP) is 4.97. The Morgan fingerprint density at radius 2 is 2.00 bits per heavy atom. The van der Waals surface area contributed by atoms with Crippen molar-refractivity contribution in [2.24, 2.45) is 0 Å². The Kier molecular flexibility index (Phi) is 4.36. The molecule has 0 spiro atoms. The van der Waals surface area contributed by atoms with Gasteiger partial charge in [-0.15, -0.1) is 10.2 Å². The molecule has 0 saturated heterocycles. The lowest BCUT2D eigenvalue weighted by atomic mass is 10.0. The highest BCUT2D eigenvalue weighted by molar-refractivity contribution is 7.13. The number of pyridine rings is 1. The molecule has 0 atom stereocenters. The van der Waals surface area contributed by atoms with Crippen molar-refractivity contribution in [1.29, 1.82) is 0 Å². The molecule has 0 unspecified atom stereocenters. The molecule has 128 valence electrons. The summed E-state index contributed by atoms with van der Waals surface area (Å²) < 4.78 is 0. The highest BCUT2D eigenvalue weighted by Crippen LogP contribution is 2.31. The number of carbonyl (C=O) groups excluding carboxylic acids is 1. The quantitative estimate of drug-likeness (QED) is 0.545. The molecule has 1 amide bonds. The molecular formula is C19H13ClN4OS. The number of anilines is 1. The monoisotopic (exact) mass is 380 g/mol. The van der Waals surface area contributed by atoms with Crippen LogP contribution >= 0.6 is 22.9 Å². The van der Waals surface area contributed by atoms with E-state index in [0.29, 0.717) is 21.4 Å². The second-order valence-electron chi connectivity index (χ2n) is 5.70. The fraction of sp³-hybridized carbons (Fsp3) is 0.0526. The summed E-state index contributed by atoms with van der Waals surface area (Å²) in [5.74, 6) is -0.256. The Balaban J connectivity index is 1.92. The number of fused-ring (bicyclic) bond motifs is 1. The van der Waals surface area contributed by atoms with Crippen LogP contribution in [0.1, 0.15) is 15.9 Å². The molecular weight excluding hydrogens is 368 g/mol. The molecule has 0 saturated carbocycles. The number of nitrogens with zero attached hydrogens (tertiary/aromatic N) is 3. The molecule has 0 fully saturated rings. The van der Waals surface area contributed by atoms with Crippen molar-refractivity contribution in [2.75, 3.05) is 5.32 Å². The molecule has 4 rings (SSSR count). The largest absolute Gasteiger partial charge is 0.296 e. The Labute approximate surface area is 158 Å². The summed E-state index contributed by atoms with van der Waals surface area (Å²) >= 11 is 7.61. The van der Waals surface area contributed by atoms with E-state index in [1.54, 1.807) is 11.6 Å². The molecule has 26 heavy (non-hydrogen) atoms. The standard InChI is InChI=1S/C19H13ClN4OS/c1-11-5-4-7-12-14(18(25)23-19-24-21-10-26-19)9-16(22-17(11)12)13-6-2-3-8-15(13)20/h2-10H,1H3,(H,23,24,25). The number of amides is 1. The number of aryl methyl sites for hydroxylation is 1. The van der Waals surface area contributed by atoms with Crippen LogP contribution in [0.3, 0.4) is 0 Å². The molecule has 2 heterocycles. The van der Waals surface area contributed by atoms with Gasteiger partial charge in [0.05, 0.1) is 16.8 Å². The molecule has 0 aliphatic heterocycles. The van der Waals surface area contributed by atoms with Crippen molar-refractivity contribution >= 4 is 44.9 Å². The summed E-state index contributed by atoms with van der Waals surface area (Å²) in [6, 6.07) is 15.0. The SMILES string of the molecule is Cc1cccc2c(C(=O)Nc3nncs3)cc(-c3ccccc3Cl)nc12. The van der Waals surface area contributed by atoms with E-state index in [9.17, 15) is 4.79 Å². The van der Waals surface area contributed by atoms with E-state index in [-0.39, 0.29) is 5.91 Å². The average Bonchev–Trinajstić information content (AvgIpc) is 3.15. The van der Waals surface area contributed by atoms with Crippen LogP contribution in [0, 0.1) is 6.92 Å². The third-order valence-electron chi connectivity index (χ3n) is 4.02. The number of aromatic nitrogens is 3. The summed E-state index contributed by atoms with van der Waals surface area (Å²) in [7, 11) is 0. The summed E-state index contributed by atoms with van der Waals surface area (Å²) in [5.41, 5.74) is 5.28. The minimum Gasteiger partial charge on any atom is -0.296 e. The van der Waals surface area contributed by atoms with Gasteiger partial charge in [-0.05, 0) is 24.6 Å². The van der Waals surface area contributed by atoms with Gasteiger partial charge in [0, 0.05) is 16.0 Å². The van der Waals surface area contributed by atoms with Gasteiger partial charge in [-0.2, -0.15) is 0 Å². The molecule has 2 aromatic carbocycles. The normalized spacial score (nSPS) is 10.8. The lowest BCUT2D eigenvalue weighted by Crippen LogP contribution is -2.13. The van der Waals surface area contributed by atoms with E-state index in [2.05, 4.69) is 15.5 Å². The Bertz CT molecular complexity index is 1110. The summed E-state index contributed by atoms with van der Waals surface area (Å²) in [6.07, 6.45) is 0. The van der Waals surface area contributed by atoms with Crippen molar-refractivity contribution in [3.05, 3.63) is 70.2 Å². The summed E-state index contributed by atoms with van der Waals surface area (Å²) in [4.78, 5) is 17.6. The third kappa shape index (κ3) is 3.05. The van der Waals surface area contributed by atoms with Gasteiger partial charge in [-0.1, -0.05) is 59.3 Å². The number of hydrogen-bond donors (Lipinski definition) is 1. The molecule has 7 heteroatoms. The van der Waals surface area contributed by atoms with Crippen LogP contribution in [0.4, 0.5) is 5.13 Å². The first-order chi connectivity index (χ1) is 12.6. The van der Waals surface area contributed by atoms with Gasteiger partial charge in [0.25, 0.3) is 5.91 Å². The van der Waals surface area contributed by atoms with Crippen molar-refractivity contribution in [2.45, 2.75) is 6.92 Å². The zero-order valence-corrected chi connectivity index (χ0v) is 15.3. The van der Waals surface area contributed by atoms with E-state index in [1.807, 2.05) is 49.4 Å². The molecule has 4 aromatic rings. The fourth-order valence-electron chi connectivity index (χ4n) is 2.78. The molecule has 5 nitrogen and oxygen atoms in total. The number of benzene rings is 2. The maximum atomic E-state index is 12.9. The maximum absolute atomic E-state index is 12.9. The van der Waals surface area contributed by atoms with Gasteiger partial charge in [0.2, 0.25) is 5.13 Å². The zero-order chi connectivity index (χ0) is 18.1. The highest BCUT2D eigenvalue weighted by Gasteiger charge is 2.17. The Morgan fingerprint density at radius 3 is 2.77 bits per heavy atom. The van der Waals surface area contributed by atoms with Gasteiger partial charge < -0.3 is 0 Å². The molecule has 0 aliphatic rings. The van der Waals surface area contributed by atoms with E-state index >= 15 is 0 Å². The second kappa shape index (κ2) is 6.82. The third-order valence-corrected chi connectivity index (χ3v) is 4.95. The second-order valence-corrected chi connectivity index (χ2v) is 6.94. The topological polar surface area (TPSA) is 67.8 Å². The smallest absolute Gasteiger partial charge is 0.258 e. The van der Waals surface area contributed by atoms with Crippen LogP contribution < -0.4 is 5.32 Å². The van der Waals surface area contributed by atoms with Crippen molar-refractivity contribution < 1.29 is 4.79 Å². The molecule has 2 aromatic heterocycles. The summed E-state index contributed by atoms with van der Waals surface area (Å²) in [6.45, 7) is 1.97. The van der Waals surface area contributed by atoms with E-state index in [0.717, 1.165) is 22.0 Å². The van der Waals surface area contributed by atoms with Crippen LogP contribution in [0.15, 0.2) is 54.0 Å². The van der Waals surface area contributed by atoms with Gasteiger partial charge in [-0.3, -0.25) is 10.1 Å². The number of halogens is 1. The van der Waals surface area contributed by atoms with Crippen molar-refractivity contribution in [3.63, 3.8) is 0 Å². The molecule has 0 bridgehead atoms. The zero-order valence-electron chi connectivity index (χ0n) is 13.7. The minimum atomic E-state index is -0.256. The Hall–Kier alpha value is -2.83. The van der Waals surface area contributed by atoms with E-state index in [1.165, 1.54) is 11.3 Å². The first kappa shape index (κ1) is 16.6. The van der Waals surface area contributed by atoms with Crippen LogP contribution in [0.25, 0.3) is 22.2 Å². The van der Waals surface area contributed by atoms with Crippen LogP contribution in [0.5, 0.6) is 0 Å². The van der Waals surface area contributed by atoms with Crippen LogP contribution in [-0.2, 0) is 0 Å². The minimum absolute atomic E-state index is 0.256. The van der Waals surface area contributed by atoms with Crippen LogP contribution in [-0.4, -0.2) is 21.1 Å². The number of para-hydroxylation sites is 1. The first-order valence-electron chi connectivity index (χ1n) is 7.86. The first-order valence-corrected chi connectivity index (χ1v) is 9.12. The Morgan fingerprint density at radius 1 is 1.15 bits per heavy atom. The lowest BCUT2D eigenvalue weighted by molar-refractivity contribution is 0.102. The highest BCUT2D eigenvalue weighted by atomic mass is 35.5. The van der Waals surface area contributed by atoms with Crippen molar-refractivity contribution in [3.8, 4) is 11.3 Å². The lowest BCUT2D eigenvalue weighted by Gasteiger charge is -2.11. The van der Waals surface area contributed by atoms with Gasteiger partial charge in [0.1, 0.15) is 5.51 Å².